The van der Waals surface area contributed by atoms with Crippen molar-refractivity contribution in [2.45, 2.75) is 105 Å². The normalized spacial score (nSPS) is 16.8. The van der Waals surface area contributed by atoms with Gasteiger partial charge in [-0.3, -0.25) is 9.59 Å². The smallest absolute Gasteiger partial charge is 0.261 e. The number of nitrogens with zero attached hydrogens (tertiary/aromatic N) is 2. The highest BCUT2D eigenvalue weighted by Crippen LogP contribution is 2.50. The molecule has 0 aliphatic carbocycles. The number of halogens is 2. The number of rotatable bonds is 18. The number of fused-ring (bicyclic) bond motifs is 1. The first-order valence-corrected chi connectivity index (χ1v) is 19.2. The van der Waals surface area contributed by atoms with Crippen LogP contribution in [0, 0.1) is 11.8 Å². The molecule has 2 amide bonds. The zero-order chi connectivity index (χ0) is 30.2. The largest absolute Gasteiger partial charge is 0.306 e. The number of unbranched alkanes of at least 4 members (excludes halogenated alkanes) is 6. The molecule has 42 heavy (non-hydrogen) atoms. The lowest BCUT2D eigenvalue weighted by atomic mass is 9.97. The third-order valence-corrected chi connectivity index (χ3v) is 12.0. The number of thiophene rings is 2. The number of carbonyl (C=O) groups is 2. The van der Waals surface area contributed by atoms with Crippen LogP contribution in [0.5, 0.6) is 0 Å². The van der Waals surface area contributed by atoms with E-state index in [1.807, 2.05) is 21.9 Å². The maximum absolute atomic E-state index is 14.5. The van der Waals surface area contributed by atoms with Crippen molar-refractivity contribution in [3.05, 3.63) is 52.7 Å². The summed E-state index contributed by atoms with van der Waals surface area (Å²) in [7, 11) is 0. The number of hydrogen-bond acceptors (Lipinski definition) is 4. The fraction of sp³-hybridized carbons (Fsp3) is 0.588. The van der Waals surface area contributed by atoms with Gasteiger partial charge in [0.1, 0.15) is 0 Å². The molecule has 2 unspecified atom stereocenters. The van der Waals surface area contributed by atoms with Crippen LogP contribution in [0.4, 0.5) is 0 Å². The molecule has 0 bridgehead atoms. The highest BCUT2D eigenvalue weighted by atomic mass is 79.9. The molecule has 2 aromatic heterocycles. The molecule has 0 saturated heterocycles. The van der Waals surface area contributed by atoms with E-state index in [1.54, 1.807) is 22.7 Å². The highest BCUT2D eigenvalue weighted by molar-refractivity contribution is 9.11. The number of carbonyl (C=O) groups excluding carboxylic acids is 2. The molecule has 0 radical (unpaired) electrons. The second-order valence-electron chi connectivity index (χ2n) is 11.7. The molecule has 2 aliphatic heterocycles. The first kappa shape index (κ1) is 33.7. The SMILES string of the molecule is CCCCCCC(CC)CN1C(=O)C2=C(c3ccc(Br)s3)N(CC(CC)CCCCCC)C(=O)C2=C1c1ccc(Br)s1. The van der Waals surface area contributed by atoms with Gasteiger partial charge in [-0.25, -0.2) is 0 Å². The van der Waals surface area contributed by atoms with Crippen molar-refractivity contribution < 1.29 is 9.59 Å². The lowest BCUT2D eigenvalue weighted by molar-refractivity contribution is -0.124. The topological polar surface area (TPSA) is 40.6 Å². The molecule has 230 valence electrons. The van der Waals surface area contributed by atoms with Gasteiger partial charge in [-0.1, -0.05) is 91.9 Å². The molecular formula is C34H46Br2N2O2S2. The third-order valence-electron chi connectivity index (χ3n) is 8.76. The molecule has 2 aromatic rings. The van der Waals surface area contributed by atoms with Crippen molar-refractivity contribution in [3.8, 4) is 0 Å². The Morgan fingerprint density at radius 2 is 1.02 bits per heavy atom. The summed E-state index contributed by atoms with van der Waals surface area (Å²) in [5, 5.41) is 0. The van der Waals surface area contributed by atoms with E-state index in [9.17, 15) is 9.59 Å². The van der Waals surface area contributed by atoms with Crippen molar-refractivity contribution in [2.24, 2.45) is 11.8 Å². The molecular weight excluding hydrogens is 692 g/mol. The van der Waals surface area contributed by atoms with E-state index in [-0.39, 0.29) is 11.8 Å². The molecule has 0 spiro atoms. The van der Waals surface area contributed by atoms with Crippen molar-refractivity contribution in [1.82, 2.24) is 9.80 Å². The predicted molar refractivity (Wildman–Crippen MR) is 186 cm³/mol. The molecule has 4 nitrogen and oxygen atoms in total. The quantitative estimate of drug-likeness (QED) is 0.143. The lowest BCUT2D eigenvalue weighted by Crippen LogP contribution is -2.34. The standard InChI is InChI=1S/C34H46Br2N2O2S2/c1-5-9-11-13-15-23(7-3)21-37-31(25-17-19-27(35)41-25)29-30(33(37)39)32(26-18-20-28(36)42-26)38(34(29)40)22-24(8-4)16-14-12-10-6-2/h17-20,23-24H,5-16,21-22H2,1-4H3. The second kappa shape index (κ2) is 16.2. The average molecular weight is 739 g/mol. The summed E-state index contributed by atoms with van der Waals surface area (Å²) in [6.45, 7) is 10.2. The Hall–Kier alpha value is -1.22. The van der Waals surface area contributed by atoms with Crippen LogP contribution >= 0.6 is 54.5 Å². The van der Waals surface area contributed by atoms with Crippen LogP contribution in [-0.4, -0.2) is 34.7 Å². The average Bonchev–Trinajstić information content (AvgIpc) is 3.73. The van der Waals surface area contributed by atoms with Crippen LogP contribution < -0.4 is 0 Å². The molecule has 2 aliphatic rings. The Bertz CT molecular complexity index is 1200. The zero-order valence-corrected chi connectivity index (χ0v) is 30.5. The van der Waals surface area contributed by atoms with E-state index in [0.29, 0.717) is 36.1 Å². The van der Waals surface area contributed by atoms with Gasteiger partial charge < -0.3 is 9.80 Å². The van der Waals surface area contributed by atoms with E-state index in [2.05, 4.69) is 71.7 Å². The van der Waals surface area contributed by atoms with Gasteiger partial charge in [-0.05, 0) is 80.8 Å². The second-order valence-corrected chi connectivity index (χ2v) is 16.7. The number of hydrogen-bond donors (Lipinski definition) is 0. The zero-order valence-electron chi connectivity index (χ0n) is 25.6. The minimum atomic E-state index is -0.0112. The fourth-order valence-corrected chi connectivity index (χ4v) is 9.12. The van der Waals surface area contributed by atoms with Crippen molar-refractivity contribution in [1.29, 1.82) is 0 Å². The highest BCUT2D eigenvalue weighted by Gasteiger charge is 2.50. The van der Waals surface area contributed by atoms with Gasteiger partial charge >= 0.3 is 0 Å². The van der Waals surface area contributed by atoms with E-state index >= 15 is 0 Å². The first-order chi connectivity index (χ1) is 20.3. The summed E-state index contributed by atoms with van der Waals surface area (Å²) in [4.78, 5) is 34.9. The monoisotopic (exact) mass is 736 g/mol. The molecule has 4 rings (SSSR count). The Morgan fingerprint density at radius 1 is 0.619 bits per heavy atom. The van der Waals surface area contributed by atoms with Crippen LogP contribution in [0.2, 0.25) is 0 Å². The van der Waals surface area contributed by atoms with Crippen molar-refractivity contribution in [2.75, 3.05) is 13.1 Å². The first-order valence-electron chi connectivity index (χ1n) is 16.0. The van der Waals surface area contributed by atoms with E-state index < -0.39 is 0 Å². The summed E-state index contributed by atoms with van der Waals surface area (Å²) in [6, 6.07) is 8.17. The fourth-order valence-electron chi connectivity index (χ4n) is 6.23. The van der Waals surface area contributed by atoms with Gasteiger partial charge in [0.15, 0.2) is 0 Å². The summed E-state index contributed by atoms with van der Waals surface area (Å²) in [5.74, 6) is 0.788. The molecule has 8 heteroatoms. The summed E-state index contributed by atoms with van der Waals surface area (Å²) >= 11 is 10.5. The third kappa shape index (κ3) is 7.70. The minimum absolute atomic E-state index is 0.0112. The van der Waals surface area contributed by atoms with Crippen molar-refractivity contribution in [3.63, 3.8) is 0 Å². The van der Waals surface area contributed by atoms with Gasteiger partial charge in [-0.15, -0.1) is 22.7 Å². The minimum Gasteiger partial charge on any atom is -0.306 e. The molecule has 0 aromatic carbocycles. The maximum atomic E-state index is 14.5. The van der Waals surface area contributed by atoms with Crippen LogP contribution in [0.15, 0.2) is 43.0 Å². The molecule has 2 atom stereocenters. The van der Waals surface area contributed by atoms with E-state index in [1.165, 1.54) is 51.4 Å². The lowest BCUT2D eigenvalue weighted by Gasteiger charge is -2.29. The van der Waals surface area contributed by atoms with Gasteiger partial charge in [-0.2, -0.15) is 0 Å². The van der Waals surface area contributed by atoms with Crippen LogP contribution in [0.25, 0.3) is 11.4 Å². The van der Waals surface area contributed by atoms with Gasteiger partial charge in [0.05, 0.1) is 39.9 Å². The predicted octanol–water partition coefficient (Wildman–Crippen LogP) is 11.1. The Balaban J connectivity index is 1.75. The Kier molecular flexibility index (Phi) is 13.0. The summed E-state index contributed by atoms with van der Waals surface area (Å²) in [6.07, 6.45) is 14.1. The van der Waals surface area contributed by atoms with Crippen LogP contribution in [-0.2, 0) is 9.59 Å². The van der Waals surface area contributed by atoms with Gasteiger partial charge in [0, 0.05) is 13.1 Å². The Labute approximate surface area is 277 Å². The molecule has 0 fully saturated rings. The van der Waals surface area contributed by atoms with Crippen LogP contribution in [0.1, 0.15) is 114 Å². The number of amides is 2. The maximum Gasteiger partial charge on any atom is 0.261 e. The Morgan fingerprint density at radius 3 is 1.33 bits per heavy atom. The van der Waals surface area contributed by atoms with E-state index in [4.69, 9.17) is 0 Å². The summed E-state index contributed by atoms with van der Waals surface area (Å²) in [5.41, 5.74) is 2.84. The van der Waals surface area contributed by atoms with E-state index in [0.717, 1.165) is 54.4 Å². The van der Waals surface area contributed by atoms with Gasteiger partial charge in [0.2, 0.25) is 0 Å². The molecule has 0 saturated carbocycles. The summed E-state index contributed by atoms with van der Waals surface area (Å²) < 4.78 is 2.01. The van der Waals surface area contributed by atoms with Crippen LogP contribution in [0.3, 0.4) is 0 Å². The van der Waals surface area contributed by atoms with Crippen molar-refractivity contribution >= 4 is 77.7 Å². The van der Waals surface area contributed by atoms with Gasteiger partial charge in [0.25, 0.3) is 11.8 Å². The molecule has 0 N–H and O–H groups in total. The molecule has 4 heterocycles.